The Morgan fingerprint density at radius 3 is 3.19 bits per heavy atom. The van der Waals surface area contributed by atoms with E-state index >= 15 is 0 Å². The van der Waals surface area contributed by atoms with Crippen molar-refractivity contribution in [3.63, 3.8) is 0 Å². The lowest BCUT2D eigenvalue weighted by molar-refractivity contribution is -0.0227. The van der Waals surface area contributed by atoms with Crippen LogP contribution in [0.2, 0.25) is 0 Å². The van der Waals surface area contributed by atoms with Gasteiger partial charge in [0.1, 0.15) is 5.69 Å². The quantitative estimate of drug-likeness (QED) is 0.840. The maximum Gasteiger partial charge on any atom is 0.270 e. The molecule has 1 aliphatic heterocycles. The maximum absolute atomic E-state index is 12.1. The molecule has 0 saturated carbocycles. The molecule has 2 rings (SSSR count). The Balaban J connectivity index is 2.04. The maximum atomic E-state index is 12.1. The molecule has 1 amide bonds. The number of H-pyrrole nitrogens is 1. The van der Waals surface area contributed by atoms with Crippen LogP contribution in [0.25, 0.3) is 0 Å². The summed E-state index contributed by atoms with van der Waals surface area (Å²) in [6.07, 6.45) is 2.98. The summed E-state index contributed by atoms with van der Waals surface area (Å²) in [4.78, 5) is 17.0. The average molecular weight is 334 g/mol. The minimum Gasteiger partial charge on any atom is -0.375 e. The van der Waals surface area contributed by atoms with E-state index in [0.717, 1.165) is 9.99 Å². The second-order valence-electron chi connectivity index (χ2n) is 3.88. The topological polar surface area (TPSA) is 45.3 Å². The summed E-state index contributed by atoms with van der Waals surface area (Å²) in [5, 5.41) is 0. The highest BCUT2D eigenvalue weighted by atomic mass is 127. The Bertz CT molecular complexity index is 378. The molecular formula is C11H15IN2O2. The van der Waals surface area contributed by atoms with Crippen molar-refractivity contribution in [3.8, 4) is 0 Å². The molecule has 5 heteroatoms. The van der Waals surface area contributed by atoms with E-state index in [1.54, 1.807) is 0 Å². The fourth-order valence-electron chi connectivity index (χ4n) is 1.81. The molecule has 0 unspecified atom stereocenters. The average Bonchev–Trinajstić information content (AvgIpc) is 2.75. The van der Waals surface area contributed by atoms with Crippen molar-refractivity contribution >= 4 is 28.5 Å². The Morgan fingerprint density at radius 2 is 2.56 bits per heavy atom. The molecule has 4 nitrogen and oxygen atoms in total. The zero-order chi connectivity index (χ0) is 11.5. The second kappa shape index (κ2) is 5.18. The fraction of sp³-hybridized carbons (Fsp3) is 0.545. The molecule has 0 spiro atoms. The number of aromatic nitrogens is 1. The van der Waals surface area contributed by atoms with Crippen LogP contribution in [0.4, 0.5) is 0 Å². The molecule has 88 valence electrons. The number of halogens is 1. The molecule has 1 fully saturated rings. The van der Waals surface area contributed by atoms with Gasteiger partial charge in [-0.2, -0.15) is 0 Å². The Labute approximate surface area is 108 Å². The molecular weight excluding hydrogens is 319 g/mol. The van der Waals surface area contributed by atoms with E-state index in [0.29, 0.717) is 25.4 Å². The van der Waals surface area contributed by atoms with E-state index in [9.17, 15) is 4.79 Å². The number of carbonyl (C=O) groups excluding carboxylic acids is 1. The molecule has 0 radical (unpaired) electrons. The van der Waals surface area contributed by atoms with Crippen molar-refractivity contribution in [1.82, 2.24) is 9.88 Å². The van der Waals surface area contributed by atoms with E-state index in [1.807, 2.05) is 17.2 Å². The van der Waals surface area contributed by atoms with Gasteiger partial charge in [-0.15, -0.1) is 0 Å². The molecule has 2 heterocycles. The minimum atomic E-state index is 0.0738. The first-order chi connectivity index (χ1) is 7.70. The molecule has 1 atom stereocenters. The van der Waals surface area contributed by atoms with Crippen LogP contribution in [0.15, 0.2) is 12.3 Å². The van der Waals surface area contributed by atoms with Crippen LogP contribution in [0.5, 0.6) is 0 Å². The summed E-state index contributed by atoms with van der Waals surface area (Å²) in [6, 6.07) is 1.87. The van der Waals surface area contributed by atoms with Crippen molar-refractivity contribution in [2.24, 2.45) is 0 Å². The molecule has 1 aromatic rings. The van der Waals surface area contributed by atoms with Gasteiger partial charge in [0.2, 0.25) is 0 Å². The summed E-state index contributed by atoms with van der Waals surface area (Å²) in [5.41, 5.74) is 0.668. The lowest BCUT2D eigenvalue weighted by Crippen LogP contribution is -2.45. The number of carbonyl (C=O) groups is 1. The fourth-order valence-corrected chi connectivity index (χ4v) is 2.28. The van der Waals surface area contributed by atoms with Crippen molar-refractivity contribution in [1.29, 1.82) is 0 Å². The second-order valence-corrected chi connectivity index (χ2v) is 5.13. The molecule has 1 aromatic heterocycles. The van der Waals surface area contributed by atoms with E-state index in [2.05, 4.69) is 34.5 Å². The molecule has 0 aromatic carbocycles. The number of nitrogens with one attached hydrogen (secondary N) is 1. The number of nitrogens with zero attached hydrogens (tertiary/aromatic N) is 1. The predicted octanol–water partition coefficient (Wildman–Crippen LogP) is 1.87. The summed E-state index contributed by atoms with van der Waals surface area (Å²) in [7, 11) is 0. The van der Waals surface area contributed by atoms with Crippen molar-refractivity contribution in [2.75, 3.05) is 19.7 Å². The third kappa shape index (κ3) is 2.57. The van der Waals surface area contributed by atoms with Gasteiger partial charge in [-0.25, -0.2) is 0 Å². The van der Waals surface area contributed by atoms with Crippen molar-refractivity contribution < 1.29 is 9.53 Å². The van der Waals surface area contributed by atoms with E-state index in [4.69, 9.17) is 4.74 Å². The largest absolute Gasteiger partial charge is 0.375 e. The van der Waals surface area contributed by atoms with Gasteiger partial charge < -0.3 is 14.6 Å². The number of hydrogen-bond acceptors (Lipinski definition) is 2. The summed E-state index contributed by atoms with van der Waals surface area (Å²) >= 11 is 2.19. The van der Waals surface area contributed by atoms with Gasteiger partial charge >= 0.3 is 0 Å². The normalized spacial score (nSPS) is 21.1. The van der Waals surface area contributed by atoms with Crippen LogP contribution in [0, 0.1) is 3.57 Å². The highest BCUT2D eigenvalue weighted by Gasteiger charge is 2.24. The number of amides is 1. The third-order valence-electron chi connectivity index (χ3n) is 2.76. The highest BCUT2D eigenvalue weighted by Crippen LogP contribution is 2.13. The number of hydrogen-bond donors (Lipinski definition) is 1. The summed E-state index contributed by atoms with van der Waals surface area (Å²) < 4.78 is 6.60. The van der Waals surface area contributed by atoms with Crippen LogP contribution >= 0.6 is 22.6 Å². The molecule has 0 aliphatic carbocycles. The zero-order valence-corrected chi connectivity index (χ0v) is 11.4. The molecule has 16 heavy (non-hydrogen) atoms. The first-order valence-corrected chi connectivity index (χ1v) is 6.53. The monoisotopic (exact) mass is 334 g/mol. The third-order valence-corrected chi connectivity index (χ3v) is 3.38. The zero-order valence-electron chi connectivity index (χ0n) is 9.20. The number of ether oxygens (including phenoxy) is 1. The van der Waals surface area contributed by atoms with Gasteiger partial charge in [-0.1, -0.05) is 6.92 Å². The standard InChI is InChI=1S/C11H15IN2O2/c1-2-9-7-14(3-4-16-9)11(15)10-5-8(12)6-13-10/h5-6,9,13H,2-4,7H2,1H3/t9-/m0/s1. The molecule has 0 bridgehead atoms. The summed E-state index contributed by atoms with van der Waals surface area (Å²) in [5.74, 6) is 0.0738. The number of aromatic amines is 1. The highest BCUT2D eigenvalue weighted by molar-refractivity contribution is 14.1. The predicted molar refractivity (Wildman–Crippen MR) is 69.4 cm³/mol. The molecule has 1 saturated heterocycles. The summed E-state index contributed by atoms with van der Waals surface area (Å²) in [6.45, 7) is 4.11. The van der Waals surface area contributed by atoms with Crippen molar-refractivity contribution in [2.45, 2.75) is 19.4 Å². The number of morpholine rings is 1. The smallest absolute Gasteiger partial charge is 0.270 e. The van der Waals surface area contributed by atoms with Crippen molar-refractivity contribution in [3.05, 3.63) is 21.5 Å². The van der Waals surface area contributed by atoms with E-state index in [1.165, 1.54) is 0 Å². The number of rotatable bonds is 2. The van der Waals surface area contributed by atoms with E-state index in [-0.39, 0.29) is 12.0 Å². The first kappa shape index (κ1) is 11.9. The lowest BCUT2D eigenvalue weighted by atomic mass is 10.2. The van der Waals surface area contributed by atoms with Gasteiger partial charge in [0.25, 0.3) is 5.91 Å². The van der Waals surface area contributed by atoms with Crippen LogP contribution in [0.1, 0.15) is 23.8 Å². The van der Waals surface area contributed by atoms with Crippen LogP contribution in [-0.4, -0.2) is 41.6 Å². The Kier molecular flexibility index (Phi) is 3.86. The molecule has 1 aliphatic rings. The molecule has 1 N–H and O–H groups in total. The van der Waals surface area contributed by atoms with Crippen LogP contribution in [-0.2, 0) is 4.74 Å². The lowest BCUT2D eigenvalue weighted by Gasteiger charge is -2.32. The van der Waals surface area contributed by atoms with Crippen LogP contribution < -0.4 is 0 Å². The van der Waals surface area contributed by atoms with Gasteiger partial charge in [0.05, 0.1) is 12.7 Å². The first-order valence-electron chi connectivity index (χ1n) is 5.45. The Morgan fingerprint density at radius 1 is 1.75 bits per heavy atom. The van der Waals surface area contributed by atoms with E-state index < -0.39 is 0 Å². The minimum absolute atomic E-state index is 0.0738. The van der Waals surface area contributed by atoms with Gasteiger partial charge in [-0.05, 0) is 35.1 Å². The Hall–Kier alpha value is -0.560. The van der Waals surface area contributed by atoms with Crippen LogP contribution in [0.3, 0.4) is 0 Å². The van der Waals surface area contributed by atoms with Gasteiger partial charge in [-0.3, -0.25) is 4.79 Å². The van der Waals surface area contributed by atoms with Gasteiger partial charge in [0, 0.05) is 22.9 Å². The van der Waals surface area contributed by atoms with Gasteiger partial charge in [0.15, 0.2) is 0 Å². The SMILES string of the molecule is CC[C@H]1CN(C(=O)c2cc(I)c[nH]2)CCO1.